The Hall–Kier alpha value is -4.35. The third-order valence-electron chi connectivity index (χ3n) is 5.44. The summed E-state index contributed by atoms with van der Waals surface area (Å²) in [7, 11) is -1.77. The maximum absolute atomic E-state index is 13.6. The molecule has 0 unspecified atom stereocenters. The van der Waals surface area contributed by atoms with Gasteiger partial charge in [-0.1, -0.05) is 30.3 Å². The van der Waals surface area contributed by atoms with Crippen molar-refractivity contribution >= 4 is 46.1 Å². The Morgan fingerprint density at radius 3 is 2.62 bits per heavy atom. The van der Waals surface area contributed by atoms with Crippen LogP contribution in [0.1, 0.15) is 15.9 Å². The lowest BCUT2D eigenvalue weighted by molar-refractivity contribution is 0.100. The van der Waals surface area contributed by atoms with Crippen LogP contribution >= 0.6 is 0 Å². The van der Waals surface area contributed by atoms with Crippen molar-refractivity contribution in [2.75, 3.05) is 5.32 Å². The molecule has 3 aromatic carbocycles. The number of carbonyl (C=O) groups is 1. The first-order valence-electron chi connectivity index (χ1n) is 10.3. The first-order valence-corrected chi connectivity index (χ1v) is 10.3. The Labute approximate surface area is 192 Å². The van der Waals surface area contributed by atoms with Crippen LogP contribution in [0.15, 0.2) is 66.9 Å². The van der Waals surface area contributed by atoms with Crippen LogP contribution in [-0.4, -0.2) is 42.8 Å². The highest BCUT2D eigenvalue weighted by Gasteiger charge is 2.21. The lowest BCUT2D eigenvalue weighted by Crippen LogP contribution is -2.31. The molecule has 168 valence electrons. The summed E-state index contributed by atoms with van der Waals surface area (Å²) in [5, 5.41) is 28.4. The summed E-state index contributed by atoms with van der Waals surface area (Å²) in [5.41, 5.74) is 7.53. The molecule has 0 bridgehead atoms. The number of hydrogen-bond donors (Lipinski definition) is 4. The standard InChI is InChI=1S/C23H18BFN6O3/c25-14-5-1-4-13(10-14)11-27-22-16-7-2-8-18(24(33)34)20(16)29-23(30-22)31-19-9-3-6-15(21(26)32)17(19)12-28-31/h1-10,12,33-34H,11H2,(H2,26,32)(H,27,29,30). The van der Waals surface area contributed by atoms with Crippen LogP contribution in [-0.2, 0) is 6.54 Å². The first kappa shape index (κ1) is 21.5. The quantitative estimate of drug-likeness (QED) is 0.284. The number of nitrogens with one attached hydrogen (secondary N) is 1. The van der Waals surface area contributed by atoms with Gasteiger partial charge in [0.15, 0.2) is 0 Å². The molecule has 0 aliphatic carbocycles. The predicted molar refractivity (Wildman–Crippen MR) is 126 cm³/mol. The number of primary amides is 1. The average Bonchev–Trinajstić information content (AvgIpc) is 3.26. The fourth-order valence-electron chi connectivity index (χ4n) is 3.86. The number of halogens is 1. The summed E-state index contributed by atoms with van der Waals surface area (Å²) in [4.78, 5) is 21.0. The number of fused-ring (bicyclic) bond motifs is 2. The highest BCUT2D eigenvalue weighted by Crippen LogP contribution is 2.25. The molecule has 1 amide bonds. The second-order valence-electron chi connectivity index (χ2n) is 7.63. The zero-order valence-electron chi connectivity index (χ0n) is 17.7. The van der Waals surface area contributed by atoms with E-state index in [2.05, 4.69) is 20.4 Å². The highest BCUT2D eigenvalue weighted by atomic mass is 19.1. The van der Waals surface area contributed by atoms with Crippen LogP contribution in [0, 0.1) is 5.82 Å². The molecular formula is C23H18BFN6O3. The van der Waals surface area contributed by atoms with Crippen LogP contribution in [0.4, 0.5) is 10.2 Å². The van der Waals surface area contributed by atoms with E-state index >= 15 is 0 Å². The number of anilines is 1. The fourth-order valence-corrected chi connectivity index (χ4v) is 3.86. The molecule has 2 heterocycles. The van der Waals surface area contributed by atoms with Crippen molar-refractivity contribution in [3.05, 3.63) is 83.8 Å². The number of nitrogens with zero attached hydrogens (tertiary/aromatic N) is 4. The molecule has 5 N–H and O–H groups in total. The third kappa shape index (κ3) is 3.83. The van der Waals surface area contributed by atoms with Crippen LogP contribution in [0.5, 0.6) is 0 Å². The number of hydrogen-bond acceptors (Lipinski definition) is 7. The van der Waals surface area contributed by atoms with Crippen molar-refractivity contribution in [2.24, 2.45) is 5.73 Å². The maximum atomic E-state index is 13.6. The SMILES string of the molecule is NC(=O)c1cccc2c1cnn2-c1nc(NCc2cccc(F)c2)c2cccc(B(O)O)c2n1. The molecule has 0 aliphatic heterocycles. The average molecular weight is 456 g/mol. The minimum atomic E-state index is -1.77. The van der Waals surface area contributed by atoms with E-state index in [1.807, 2.05) is 0 Å². The third-order valence-corrected chi connectivity index (χ3v) is 5.44. The topological polar surface area (TPSA) is 139 Å². The van der Waals surface area contributed by atoms with E-state index < -0.39 is 13.0 Å². The van der Waals surface area contributed by atoms with Crippen molar-refractivity contribution in [3.63, 3.8) is 0 Å². The van der Waals surface area contributed by atoms with Crippen molar-refractivity contribution in [1.29, 1.82) is 0 Å². The maximum Gasteiger partial charge on any atom is 0.490 e. The number of rotatable bonds is 6. The lowest BCUT2D eigenvalue weighted by atomic mass is 9.79. The van der Waals surface area contributed by atoms with Gasteiger partial charge in [-0.05, 0) is 35.9 Å². The molecule has 5 rings (SSSR count). The number of benzene rings is 3. The van der Waals surface area contributed by atoms with Crippen LogP contribution in [0.3, 0.4) is 0 Å². The van der Waals surface area contributed by atoms with Gasteiger partial charge >= 0.3 is 7.12 Å². The molecule has 5 aromatic rings. The predicted octanol–water partition coefficient (Wildman–Crippen LogP) is 1.50. The van der Waals surface area contributed by atoms with Crippen molar-refractivity contribution < 1.29 is 19.2 Å². The number of para-hydroxylation sites is 1. The summed E-state index contributed by atoms with van der Waals surface area (Å²) < 4.78 is 15.1. The molecule has 0 atom stereocenters. The van der Waals surface area contributed by atoms with Gasteiger partial charge in [-0.15, -0.1) is 0 Å². The van der Waals surface area contributed by atoms with Gasteiger partial charge in [0.2, 0.25) is 5.91 Å². The summed E-state index contributed by atoms with van der Waals surface area (Å²) in [6.45, 7) is 0.265. The summed E-state index contributed by atoms with van der Waals surface area (Å²) in [5.74, 6) is -0.417. The Balaban J connectivity index is 1.68. The summed E-state index contributed by atoms with van der Waals surface area (Å²) in [6, 6.07) is 16.1. The minimum absolute atomic E-state index is 0.138. The van der Waals surface area contributed by atoms with E-state index in [0.717, 1.165) is 0 Å². The van der Waals surface area contributed by atoms with E-state index in [4.69, 9.17) is 5.73 Å². The summed E-state index contributed by atoms with van der Waals surface area (Å²) in [6.07, 6.45) is 1.50. The van der Waals surface area contributed by atoms with Gasteiger partial charge in [0.25, 0.3) is 5.95 Å². The Kier molecular flexibility index (Phi) is 5.40. The molecule has 0 saturated carbocycles. The van der Waals surface area contributed by atoms with Gasteiger partial charge in [0.1, 0.15) is 11.6 Å². The highest BCUT2D eigenvalue weighted by molar-refractivity contribution is 6.61. The first-order chi connectivity index (χ1) is 16.4. The number of carbonyl (C=O) groups excluding carboxylic acids is 1. The minimum Gasteiger partial charge on any atom is -0.423 e. The zero-order chi connectivity index (χ0) is 23.8. The Morgan fingerprint density at radius 1 is 1.06 bits per heavy atom. The van der Waals surface area contributed by atoms with Crippen LogP contribution < -0.4 is 16.5 Å². The molecule has 0 saturated heterocycles. The molecule has 0 aliphatic rings. The second kappa shape index (κ2) is 8.54. The van der Waals surface area contributed by atoms with E-state index in [-0.39, 0.29) is 23.8 Å². The van der Waals surface area contributed by atoms with Gasteiger partial charge in [-0.2, -0.15) is 14.8 Å². The van der Waals surface area contributed by atoms with E-state index in [9.17, 15) is 19.2 Å². The number of nitrogens with two attached hydrogens (primary N) is 1. The van der Waals surface area contributed by atoms with Gasteiger partial charge in [0, 0.05) is 22.8 Å². The van der Waals surface area contributed by atoms with Gasteiger partial charge in [-0.25, -0.2) is 9.37 Å². The lowest BCUT2D eigenvalue weighted by Gasteiger charge is -2.13. The molecule has 0 radical (unpaired) electrons. The van der Waals surface area contributed by atoms with Crippen molar-refractivity contribution in [3.8, 4) is 5.95 Å². The van der Waals surface area contributed by atoms with Gasteiger partial charge < -0.3 is 21.1 Å². The van der Waals surface area contributed by atoms with E-state index in [1.54, 1.807) is 48.5 Å². The second-order valence-corrected chi connectivity index (χ2v) is 7.63. The Morgan fingerprint density at radius 2 is 1.85 bits per heavy atom. The summed E-state index contributed by atoms with van der Waals surface area (Å²) >= 11 is 0. The van der Waals surface area contributed by atoms with Crippen molar-refractivity contribution in [2.45, 2.75) is 6.54 Å². The molecular weight excluding hydrogens is 438 g/mol. The van der Waals surface area contributed by atoms with E-state index in [1.165, 1.54) is 23.0 Å². The van der Waals surface area contributed by atoms with Crippen molar-refractivity contribution in [1.82, 2.24) is 19.7 Å². The smallest absolute Gasteiger partial charge is 0.423 e. The Bertz CT molecular complexity index is 1560. The largest absolute Gasteiger partial charge is 0.490 e. The monoisotopic (exact) mass is 456 g/mol. The van der Waals surface area contributed by atoms with Gasteiger partial charge in [0.05, 0.1) is 22.8 Å². The van der Waals surface area contributed by atoms with Crippen LogP contribution in [0.25, 0.3) is 27.8 Å². The number of aromatic nitrogens is 4. The van der Waals surface area contributed by atoms with Gasteiger partial charge in [-0.3, -0.25) is 4.79 Å². The fraction of sp³-hybridized carbons (Fsp3) is 0.0435. The number of amides is 1. The molecule has 0 fully saturated rings. The molecule has 2 aromatic heterocycles. The zero-order valence-corrected chi connectivity index (χ0v) is 17.7. The molecule has 11 heteroatoms. The molecule has 34 heavy (non-hydrogen) atoms. The molecule has 0 spiro atoms. The van der Waals surface area contributed by atoms with Crippen LogP contribution in [0.2, 0.25) is 0 Å². The normalized spacial score (nSPS) is 11.1. The van der Waals surface area contributed by atoms with E-state index in [0.29, 0.717) is 38.8 Å². The molecule has 9 nitrogen and oxygen atoms in total.